The van der Waals surface area contributed by atoms with Crippen LogP contribution in [0.4, 0.5) is 0 Å². The molecule has 0 saturated heterocycles. The molecular weight excluding hydrogens is 340 g/mol. The van der Waals surface area contributed by atoms with Gasteiger partial charge in [0.05, 0.1) is 0 Å². The van der Waals surface area contributed by atoms with Crippen LogP contribution in [-0.2, 0) is 4.79 Å². The topological polar surface area (TPSA) is 17.1 Å². The number of hydrogen-bond acceptors (Lipinski definition) is 1. The maximum Gasteiger partial charge on any atom is 0.133 e. The summed E-state index contributed by atoms with van der Waals surface area (Å²) in [4.78, 5) is 12.1. The standard InChI is InChI=1S/C27H44O/c1-18(2)7-6-8-19(3)23-11-12-24-22-10-9-20-17-21(28)13-15-26(20,4)25(22)14-16-27(23,24)5/h9-10,18-20,22-25H,6-8,11-17H2,1-5H3. The molecule has 8 unspecified atom stereocenters. The molecule has 0 N–H and O–H groups in total. The molecule has 0 aromatic carbocycles. The van der Waals surface area contributed by atoms with Gasteiger partial charge in [0.15, 0.2) is 0 Å². The molecular formula is C27H44O. The molecule has 0 aromatic rings. The largest absolute Gasteiger partial charge is 0.300 e. The minimum absolute atomic E-state index is 0.385. The lowest BCUT2D eigenvalue weighted by Gasteiger charge is -2.58. The van der Waals surface area contributed by atoms with Gasteiger partial charge in [-0.25, -0.2) is 0 Å². The Balaban J connectivity index is 1.50. The Morgan fingerprint density at radius 2 is 1.71 bits per heavy atom. The van der Waals surface area contributed by atoms with Crippen molar-refractivity contribution < 1.29 is 4.79 Å². The number of fused-ring (bicyclic) bond motifs is 5. The molecule has 4 aliphatic rings. The van der Waals surface area contributed by atoms with Crippen molar-refractivity contribution in [2.24, 2.45) is 52.3 Å². The van der Waals surface area contributed by atoms with Crippen molar-refractivity contribution in [2.45, 2.75) is 98.8 Å². The van der Waals surface area contributed by atoms with Crippen LogP contribution in [0.15, 0.2) is 12.2 Å². The fourth-order valence-electron chi connectivity index (χ4n) is 8.44. The molecule has 28 heavy (non-hydrogen) atoms. The molecule has 0 spiro atoms. The minimum Gasteiger partial charge on any atom is -0.300 e. The SMILES string of the molecule is CC(C)CCCC(C)C1CCC2C3C=CC4CC(=O)CCC4(C)C3CCC12C. The van der Waals surface area contributed by atoms with Crippen molar-refractivity contribution in [3.8, 4) is 0 Å². The lowest BCUT2D eigenvalue weighted by molar-refractivity contribution is -0.128. The number of ketones is 1. The molecule has 0 radical (unpaired) electrons. The van der Waals surface area contributed by atoms with E-state index in [2.05, 4.69) is 46.8 Å². The van der Waals surface area contributed by atoms with Gasteiger partial charge in [-0.1, -0.05) is 66.0 Å². The number of carbonyl (C=O) groups excluding carboxylic acids is 1. The Hall–Kier alpha value is -0.590. The second-order valence-electron chi connectivity index (χ2n) is 12.1. The van der Waals surface area contributed by atoms with E-state index in [-0.39, 0.29) is 0 Å². The summed E-state index contributed by atoms with van der Waals surface area (Å²) in [6.45, 7) is 12.5. The number of carbonyl (C=O) groups is 1. The summed E-state index contributed by atoms with van der Waals surface area (Å²) in [5.74, 6) is 6.16. The summed E-state index contributed by atoms with van der Waals surface area (Å²) in [5, 5.41) is 0. The molecule has 0 heterocycles. The van der Waals surface area contributed by atoms with Crippen LogP contribution in [0.5, 0.6) is 0 Å². The summed E-state index contributed by atoms with van der Waals surface area (Å²) in [6.07, 6.45) is 17.8. The second kappa shape index (κ2) is 7.59. The molecule has 8 atom stereocenters. The highest BCUT2D eigenvalue weighted by molar-refractivity contribution is 5.80. The van der Waals surface area contributed by atoms with Crippen LogP contribution >= 0.6 is 0 Å². The van der Waals surface area contributed by atoms with E-state index in [4.69, 9.17) is 0 Å². The van der Waals surface area contributed by atoms with Gasteiger partial charge in [-0.2, -0.15) is 0 Å². The Morgan fingerprint density at radius 1 is 0.964 bits per heavy atom. The molecule has 3 saturated carbocycles. The smallest absolute Gasteiger partial charge is 0.133 e. The van der Waals surface area contributed by atoms with Crippen LogP contribution < -0.4 is 0 Å². The molecule has 3 fully saturated rings. The third-order valence-corrected chi connectivity index (χ3v) is 10.2. The van der Waals surface area contributed by atoms with Crippen LogP contribution in [0, 0.1) is 52.3 Å². The summed E-state index contributed by atoms with van der Waals surface area (Å²) in [7, 11) is 0. The van der Waals surface area contributed by atoms with Gasteiger partial charge in [-0.15, -0.1) is 0 Å². The van der Waals surface area contributed by atoms with E-state index in [1.165, 1.54) is 44.9 Å². The molecule has 0 bridgehead atoms. The summed E-state index contributed by atoms with van der Waals surface area (Å²) in [6, 6.07) is 0. The molecule has 1 nitrogen and oxygen atoms in total. The average molecular weight is 385 g/mol. The number of hydrogen-bond donors (Lipinski definition) is 0. The Morgan fingerprint density at radius 3 is 2.46 bits per heavy atom. The van der Waals surface area contributed by atoms with Crippen LogP contribution in [0.3, 0.4) is 0 Å². The van der Waals surface area contributed by atoms with Gasteiger partial charge >= 0.3 is 0 Å². The van der Waals surface area contributed by atoms with Gasteiger partial charge in [0, 0.05) is 12.8 Å². The Labute approximate surface area is 174 Å². The first-order valence-electron chi connectivity index (χ1n) is 12.5. The normalized spacial score (nSPS) is 46.2. The monoisotopic (exact) mass is 384 g/mol. The summed E-state index contributed by atoms with van der Waals surface area (Å²) in [5.41, 5.74) is 0.937. The van der Waals surface area contributed by atoms with E-state index in [1.807, 2.05) is 0 Å². The molecule has 0 aliphatic heterocycles. The third kappa shape index (κ3) is 3.33. The van der Waals surface area contributed by atoms with Crippen molar-refractivity contribution in [2.75, 3.05) is 0 Å². The van der Waals surface area contributed by atoms with Crippen molar-refractivity contribution in [1.29, 1.82) is 0 Å². The molecule has 4 aliphatic carbocycles. The van der Waals surface area contributed by atoms with Crippen LogP contribution in [0.1, 0.15) is 98.8 Å². The summed E-state index contributed by atoms with van der Waals surface area (Å²) < 4.78 is 0. The van der Waals surface area contributed by atoms with Crippen molar-refractivity contribution in [3.05, 3.63) is 12.2 Å². The van der Waals surface area contributed by atoms with Gasteiger partial charge in [0.2, 0.25) is 0 Å². The lowest BCUT2D eigenvalue weighted by Crippen LogP contribution is -2.52. The maximum absolute atomic E-state index is 12.1. The van der Waals surface area contributed by atoms with E-state index in [0.717, 1.165) is 54.8 Å². The van der Waals surface area contributed by atoms with E-state index in [0.29, 0.717) is 22.5 Å². The third-order valence-electron chi connectivity index (χ3n) is 10.2. The second-order valence-corrected chi connectivity index (χ2v) is 12.1. The lowest BCUT2D eigenvalue weighted by atomic mass is 9.46. The van der Waals surface area contributed by atoms with E-state index in [9.17, 15) is 4.79 Å². The van der Waals surface area contributed by atoms with Crippen LogP contribution in [-0.4, -0.2) is 5.78 Å². The van der Waals surface area contributed by atoms with Gasteiger partial charge in [0.25, 0.3) is 0 Å². The zero-order valence-electron chi connectivity index (χ0n) is 19.2. The van der Waals surface area contributed by atoms with Crippen molar-refractivity contribution in [3.63, 3.8) is 0 Å². The first-order chi connectivity index (χ1) is 13.3. The van der Waals surface area contributed by atoms with E-state index in [1.54, 1.807) is 0 Å². The summed E-state index contributed by atoms with van der Waals surface area (Å²) >= 11 is 0. The van der Waals surface area contributed by atoms with Crippen LogP contribution in [0.25, 0.3) is 0 Å². The molecule has 4 rings (SSSR count). The van der Waals surface area contributed by atoms with Gasteiger partial charge in [-0.3, -0.25) is 4.79 Å². The highest BCUT2D eigenvalue weighted by atomic mass is 16.1. The minimum atomic E-state index is 0.385. The molecule has 0 aromatic heterocycles. The highest BCUT2D eigenvalue weighted by Crippen LogP contribution is 2.66. The Kier molecular flexibility index (Phi) is 5.60. The molecule has 158 valence electrons. The average Bonchev–Trinajstić information content (AvgIpc) is 2.99. The predicted molar refractivity (Wildman–Crippen MR) is 118 cm³/mol. The van der Waals surface area contributed by atoms with E-state index < -0.39 is 0 Å². The zero-order valence-corrected chi connectivity index (χ0v) is 19.2. The van der Waals surface area contributed by atoms with Crippen molar-refractivity contribution in [1.82, 2.24) is 0 Å². The highest BCUT2D eigenvalue weighted by Gasteiger charge is 2.59. The predicted octanol–water partition coefficient (Wildman–Crippen LogP) is 7.45. The van der Waals surface area contributed by atoms with Crippen LogP contribution in [0.2, 0.25) is 0 Å². The zero-order chi connectivity index (χ0) is 20.1. The van der Waals surface area contributed by atoms with Crippen molar-refractivity contribution >= 4 is 5.78 Å². The number of allylic oxidation sites excluding steroid dienone is 2. The van der Waals surface area contributed by atoms with Gasteiger partial charge in [-0.05, 0) is 84.4 Å². The first kappa shape index (κ1) is 20.7. The number of Topliss-reactive ketones (excluding diaryl/α,β-unsaturated/α-hetero) is 1. The van der Waals surface area contributed by atoms with Gasteiger partial charge in [0.1, 0.15) is 5.78 Å². The fourth-order valence-corrected chi connectivity index (χ4v) is 8.44. The van der Waals surface area contributed by atoms with E-state index >= 15 is 0 Å². The quantitative estimate of drug-likeness (QED) is 0.450. The molecule has 1 heteroatoms. The van der Waals surface area contributed by atoms with Gasteiger partial charge < -0.3 is 0 Å². The first-order valence-corrected chi connectivity index (χ1v) is 12.5. The number of rotatable bonds is 5. The maximum atomic E-state index is 12.1. The molecule has 0 amide bonds. The fraction of sp³-hybridized carbons (Fsp3) is 0.889. The Bertz CT molecular complexity index is 618.